The van der Waals surface area contributed by atoms with Crippen molar-refractivity contribution in [3.05, 3.63) is 34.4 Å². The molecule has 0 bridgehead atoms. The first-order chi connectivity index (χ1) is 8.74. The molecule has 2 heterocycles. The molecule has 0 amide bonds. The lowest BCUT2D eigenvalue weighted by molar-refractivity contribution is -0.384. The van der Waals surface area contributed by atoms with Gasteiger partial charge in [-0.25, -0.2) is 0 Å². The van der Waals surface area contributed by atoms with E-state index < -0.39 is 0 Å². The lowest BCUT2D eigenvalue weighted by Crippen LogP contribution is -2.40. The van der Waals surface area contributed by atoms with Crippen molar-refractivity contribution in [1.29, 1.82) is 0 Å². The van der Waals surface area contributed by atoms with E-state index in [1.54, 1.807) is 12.1 Å². The molecule has 1 aromatic carbocycles. The summed E-state index contributed by atoms with van der Waals surface area (Å²) in [4.78, 5) is 12.6. The number of nitrogens with zero attached hydrogens (tertiary/aromatic N) is 2. The SMILES string of the molecule is O=[N+]([O-])c1ccc(N2CC3CCCNC3C2)cc1. The Morgan fingerprint density at radius 3 is 2.72 bits per heavy atom. The highest BCUT2D eigenvalue weighted by Gasteiger charge is 2.34. The molecular formula is C13H17N3O2. The van der Waals surface area contributed by atoms with Crippen LogP contribution in [0.5, 0.6) is 0 Å². The van der Waals surface area contributed by atoms with Gasteiger partial charge in [0.25, 0.3) is 5.69 Å². The lowest BCUT2D eigenvalue weighted by Gasteiger charge is -2.24. The summed E-state index contributed by atoms with van der Waals surface area (Å²) in [6.07, 6.45) is 2.55. The van der Waals surface area contributed by atoms with Gasteiger partial charge in [-0.2, -0.15) is 0 Å². The van der Waals surface area contributed by atoms with Crippen molar-refractivity contribution in [3.8, 4) is 0 Å². The van der Waals surface area contributed by atoms with Crippen molar-refractivity contribution in [1.82, 2.24) is 5.32 Å². The van der Waals surface area contributed by atoms with E-state index in [0.717, 1.165) is 31.2 Å². The number of rotatable bonds is 2. The molecule has 5 heteroatoms. The second-order valence-corrected chi connectivity index (χ2v) is 5.14. The largest absolute Gasteiger partial charge is 0.370 e. The maximum atomic E-state index is 10.6. The van der Waals surface area contributed by atoms with Crippen LogP contribution in [-0.2, 0) is 0 Å². The minimum absolute atomic E-state index is 0.161. The zero-order chi connectivity index (χ0) is 12.5. The van der Waals surface area contributed by atoms with Gasteiger partial charge in [0.2, 0.25) is 0 Å². The number of nitro groups is 1. The molecular weight excluding hydrogens is 230 g/mol. The summed E-state index contributed by atoms with van der Waals surface area (Å²) in [5.41, 5.74) is 1.25. The summed E-state index contributed by atoms with van der Waals surface area (Å²) >= 11 is 0. The minimum Gasteiger partial charge on any atom is -0.370 e. The van der Waals surface area contributed by atoms with Gasteiger partial charge in [-0.1, -0.05) is 0 Å². The van der Waals surface area contributed by atoms with Crippen LogP contribution in [0.25, 0.3) is 0 Å². The van der Waals surface area contributed by atoms with Crippen molar-refractivity contribution in [2.75, 3.05) is 24.5 Å². The first kappa shape index (κ1) is 11.5. The fraction of sp³-hybridized carbons (Fsp3) is 0.538. The molecule has 2 atom stereocenters. The van der Waals surface area contributed by atoms with Crippen LogP contribution in [0.3, 0.4) is 0 Å². The van der Waals surface area contributed by atoms with Crippen LogP contribution in [-0.4, -0.2) is 30.6 Å². The molecule has 0 radical (unpaired) electrons. The Bertz CT molecular complexity index is 432. The van der Waals surface area contributed by atoms with Gasteiger partial charge in [0.05, 0.1) is 4.92 Å². The number of hydrogen-bond donors (Lipinski definition) is 1. The summed E-state index contributed by atoms with van der Waals surface area (Å²) in [6.45, 7) is 3.20. The molecule has 3 rings (SSSR count). The second-order valence-electron chi connectivity index (χ2n) is 5.14. The summed E-state index contributed by atoms with van der Waals surface area (Å²) < 4.78 is 0. The van der Waals surface area contributed by atoms with Gasteiger partial charge in [-0.05, 0) is 37.4 Å². The average molecular weight is 247 g/mol. The smallest absolute Gasteiger partial charge is 0.269 e. The molecule has 2 saturated heterocycles. The highest BCUT2D eigenvalue weighted by molar-refractivity contribution is 5.52. The van der Waals surface area contributed by atoms with E-state index >= 15 is 0 Å². The standard InChI is InChI=1S/C13H17N3O2/c17-16(18)12-5-3-11(4-6-12)15-8-10-2-1-7-14-13(10)9-15/h3-6,10,13-14H,1-2,7-9H2. The van der Waals surface area contributed by atoms with Gasteiger partial charge >= 0.3 is 0 Å². The van der Waals surface area contributed by atoms with Crippen molar-refractivity contribution in [2.45, 2.75) is 18.9 Å². The fourth-order valence-electron chi connectivity index (χ4n) is 3.04. The number of fused-ring (bicyclic) bond motifs is 1. The van der Waals surface area contributed by atoms with Gasteiger partial charge in [0.15, 0.2) is 0 Å². The number of benzene rings is 1. The summed E-state index contributed by atoms with van der Waals surface area (Å²) in [5, 5.41) is 14.2. The number of nitrogens with one attached hydrogen (secondary N) is 1. The summed E-state index contributed by atoms with van der Waals surface area (Å²) in [6, 6.07) is 7.48. The molecule has 0 saturated carbocycles. The Balaban J connectivity index is 1.73. The molecule has 2 unspecified atom stereocenters. The van der Waals surface area contributed by atoms with Gasteiger partial charge in [-0.3, -0.25) is 10.1 Å². The van der Waals surface area contributed by atoms with Crippen LogP contribution in [0.1, 0.15) is 12.8 Å². The van der Waals surface area contributed by atoms with Crippen LogP contribution in [0.15, 0.2) is 24.3 Å². The molecule has 2 aliphatic rings. The van der Waals surface area contributed by atoms with Crippen LogP contribution in [0, 0.1) is 16.0 Å². The van der Waals surface area contributed by atoms with E-state index in [1.807, 2.05) is 12.1 Å². The molecule has 0 aliphatic carbocycles. The zero-order valence-corrected chi connectivity index (χ0v) is 10.2. The lowest BCUT2D eigenvalue weighted by atomic mass is 9.94. The molecule has 5 nitrogen and oxygen atoms in total. The first-order valence-electron chi connectivity index (χ1n) is 6.47. The fourth-order valence-corrected chi connectivity index (χ4v) is 3.04. The van der Waals surface area contributed by atoms with E-state index in [9.17, 15) is 10.1 Å². The second kappa shape index (κ2) is 4.57. The topological polar surface area (TPSA) is 58.4 Å². The number of nitro benzene ring substituents is 1. The Morgan fingerprint density at radius 2 is 2.06 bits per heavy atom. The third-order valence-corrected chi connectivity index (χ3v) is 4.02. The molecule has 0 spiro atoms. The van der Waals surface area contributed by atoms with Crippen molar-refractivity contribution in [3.63, 3.8) is 0 Å². The first-order valence-corrected chi connectivity index (χ1v) is 6.47. The highest BCUT2D eigenvalue weighted by atomic mass is 16.6. The van der Waals surface area contributed by atoms with E-state index in [4.69, 9.17) is 0 Å². The molecule has 18 heavy (non-hydrogen) atoms. The summed E-state index contributed by atoms with van der Waals surface area (Å²) in [5.74, 6) is 0.731. The number of hydrogen-bond acceptors (Lipinski definition) is 4. The Morgan fingerprint density at radius 1 is 1.28 bits per heavy atom. The maximum Gasteiger partial charge on any atom is 0.269 e. The Labute approximate surface area is 106 Å². The van der Waals surface area contributed by atoms with Gasteiger partial charge in [0.1, 0.15) is 0 Å². The molecule has 96 valence electrons. The van der Waals surface area contributed by atoms with Crippen molar-refractivity contribution < 1.29 is 4.92 Å². The van der Waals surface area contributed by atoms with Crippen LogP contribution in [0.2, 0.25) is 0 Å². The molecule has 2 aliphatic heterocycles. The van der Waals surface area contributed by atoms with Crippen molar-refractivity contribution >= 4 is 11.4 Å². The van der Waals surface area contributed by atoms with E-state index in [2.05, 4.69) is 10.2 Å². The molecule has 1 N–H and O–H groups in total. The average Bonchev–Trinajstić information content (AvgIpc) is 2.82. The Kier molecular flexibility index (Phi) is 2.91. The monoisotopic (exact) mass is 247 g/mol. The van der Waals surface area contributed by atoms with E-state index in [-0.39, 0.29) is 10.6 Å². The van der Waals surface area contributed by atoms with E-state index in [0.29, 0.717) is 6.04 Å². The maximum absolute atomic E-state index is 10.6. The molecule has 2 fully saturated rings. The van der Waals surface area contributed by atoms with Gasteiger partial charge < -0.3 is 10.2 Å². The summed E-state index contributed by atoms with van der Waals surface area (Å²) in [7, 11) is 0. The van der Waals surface area contributed by atoms with Gasteiger partial charge in [-0.15, -0.1) is 0 Å². The molecule has 1 aromatic rings. The Hall–Kier alpha value is -1.62. The van der Waals surface area contributed by atoms with Crippen LogP contribution in [0.4, 0.5) is 11.4 Å². The predicted octanol–water partition coefficient (Wildman–Crippen LogP) is 1.78. The number of piperidine rings is 1. The highest BCUT2D eigenvalue weighted by Crippen LogP contribution is 2.29. The van der Waals surface area contributed by atoms with Crippen LogP contribution < -0.4 is 10.2 Å². The van der Waals surface area contributed by atoms with Gasteiger partial charge in [0, 0.05) is 37.0 Å². The number of anilines is 1. The normalized spacial score (nSPS) is 27.0. The van der Waals surface area contributed by atoms with Crippen molar-refractivity contribution in [2.24, 2.45) is 5.92 Å². The minimum atomic E-state index is -0.352. The van der Waals surface area contributed by atoms with Crippen LogP contribution >= 0.6 is 0 Å². The quantitative estimate of drug-likeness (QED) is 0.639. The third-order valence-electron chi connectivity index (χ3n) is 4.02. The van der Waals surface area contributed by atoms with E-state index in [1.165, 1.54) is 12.8 Å². The zero-order valence-electron chi connectivity index (χ0n) is 10.2. The third kappa shape index (κ3) is 2.06. The number of non-ortho nitro benzene ring substituents is 1. The predicted molar refractivity (Wildman–Crippen MR) is 69.8 cm³/mol. The molecule has 0 aromatic heterocycles.